The van der Waals surface area contributed by atoms with Gasteiger partial charge in [0.2, 0.25) is 5.95 Å². The molecule has 0 unspecified atom stereocenters. The van der Waals surface area contributed by atoms with E-state index in [4.69, 9.17) is 0 Å². The molecule has 0 radical (unpaired) electrons. The van der Waals surface area contributed by atoms with Crippen molar-refractivity contribution in [1.82, 2.24) is 20.3 Å². The van der Waals surface area contributed by atoms with Crippen LogP contribution < -0.4 is 10.6 Å². The smallest absolute Gasteiger partial charge is 0.223 e. The van der Waals surface area contributed by atoms with E-state index in [0.29, 0.717) is 42.2 Å². The number of anilines is 1. The van der Waals surface area contributed by atoms with Gasteiger partial charge >= 0.3 is 0 Å². The average Bonchev–Trinajstić information content (AvgIpc) is 2.67. The van der Waals surface area contributed by atoms with Crippen LogP contribution in [0.1, 0.15) is 31.7 Å². The summed E-state index contributed by atoms with van der Waals surface area (Å²) >= 11 is 0. The van der Waals surface area contributed by atoms with Gasteiger partial charge in [-0.2, -0.15) is 0 Å². The molecule has 0 aliphatic carbocycles. The first-order valence-electron chi connectivity index (χ1n) is 9.54. The monoisotopic (exact) mass is 383 g/mol. The molecule has 28 heavy (non-hydrogen) atoms. The van der Waals surface area contributed by atoms with Crippen molar-refractivity contribution in [2.24, 2.45) is 0 Å². The number of benzene rings is 1. The number of hydrogen-bond acceptors (Lipinski definition) is 5. The number of rotatable bonds is 4. The molecule has 2 atom stereocenters. The van der Waals surface area contributed by atoms with Crippen LogP contribution in [-0.4, -0.2) is 40.3 Å². The molecule has 1 aliphatic rings. The van der Waals surface area contributed by atoms with E-state index in [1.165, 1.54) is 12.1 Å². The molecule has 7 heteroatoms. The second kappa shape index (κ2) is 7.75. The summed E-state index contributed by atoms with van der Waals surface area (Å²) in [6.45, 7) is 5.23. The maximum Gasteiger partial charge on any atom is 0.223 e. The Balaban J connectivity index is 1.72. The molecule has 2 N–H and O–H groups in total. The summed E-state index contributed by atoms with van der Waals surface area (Å²) in [5.74, 6) is 0.372. The number of nitrogens with one attached hydrogen (secondary N) is 2. The lowest BCUT2D eigenvalue weighted by Gasteiger charge is -2.26. The molecule has 1 saturated heterocycles. The van der Waals surface area contributed by atoms with Crippen LogP contribution in [0.5, 0.6) is 0 Å². The van der Waals surface area contributed by atoms with Gasteiger partial charge in [-0.1, -0.05) is 26.0 Å². The van der Waals surface area contributed by atoms with Crippen molar-refractivity contribution >= 4 is 17.0 Å². The van der Waals surface area contributed by atoms with Gasteiger partial charge in [-0.15, -0.1) is 0 Å². The zero-order valence-electron chi connectivity index (χ0n) is 15.9. The number of alkyl halides is 1. The van der Waals surface area contributed by atoms with Gasteiger partial charge < -0.3 is 10.6 Å². The highest BCUT2D eigenvalue weighted by Gasteiger charge is 2.22. The Hall–Kier alpha value is -2.67. The molecule has 3 aromatic rings. The molecule has 0 bridgehead atoms. The molecule has 0 saturated carbocycles. The van der Waals surface area contributed by atoms with E-state index in [1.807, 2.05) is 12.1 Å². The molecule has 1 aromatic carbocycles. The zero-order chi connectivity index (χ0) is 19.7. The van der Waals surface area contributed by atoms with E-state index in [0.717, 1.165) is 11.1 Å². The van der Waals surface area contributed by atoms with E-state index < -0.39 is 6.17 Å². The fraction of sp³-hybridized carbons (Fsp3) is 0.381. The molecule has 1 fully saturated rings. The summed E-state index contributed by atoms with van der Waals surface area (Å²) in [6, 6.07) is 8.30. The number of halogens is 2. The molecule has 146 valence electrons. The van der Waals surface area contributed by atoms with Crippen LogP contribution in [-0.2, 0) is 0 Å². The number of piperidine rings is 1. The first kappa shape index (κ1) is 18.7. The predicted octanol–water partition coefficient (Wildman–Crippen LogP) is 4.07. The Labute approximate surface area is 162 Å². The summed E-state index contributed by atoms with van der Waals surface area (Å²) in [6.07, 6.45) is 1.23. The fourth-order valence-electron chi connectivity index (χ4n) is 3.53. The summed E-state index contributed by atoms with van der Waals surface area (Å²) in [5, 5.41) is 6.29. The highest BCUT2D eigenvalue weighted by atomic mass is 19.1. The number of pyridine rings is 1. The van der Waals surface area contributed by atoms with Crippen LogP contribution in [0, 0.1) is 5.82 Å². The maximum absolute atomic E-state index is 13.6. The van der Waals surface area contributed by atoms with Crippen molar-refractivity contribution in [2.45, 2.75) is 38.4 Å². The van der Waals surface area contributed by atoms with Crippen LogP contribution in [0.3, 0.4) is 0 Å². The third kappa shape index (κ3) is 3.94. The average molecular weight is 383 g/mol. The number of fused-ring (bicyclic) bond motifs is 1. The van der Waals surface area contributed by atoms with Crippen LogP contribution in [0.2, 0.25) is 0 Å². The van der Waals surface area contributed by atoms with Crippen molar-refractivity contribution in [3.05, 3.63) is 47.9 Å². The normalized spacial score (nSPS) is 19.9. The quantitative estimate of drug-likeness (QED) is 0.711. The molecule has 5 nitrogen and oxygen atoms in total. The second-order valence-corrected chi connectivity index (χ2v) is 7.52. The lowest BCUT2D eigenvalue weighted by Crippen LogP contribution is -2.44. The molecule has 3 heterocycles. The predicted molar refractivity (Wildman–Crippen MR) is 107 cm³/mol. The van der Waals surface area contributed by atoms with Gasteiger partial charge in [0.1, 0.15) is 17.5 Å². The Kier molecular flexibility index (Phi) is 5.17. The van der Waals surface area contributed by atoms with Crippen molar-refractivity contribution in [3.63, 3.8) is 0 Å². The molecule has 4 rings (SSSR count). The van der Waals surface area contributed by atoms with E-state index in [9.17, 15) is 8.78 Å². The van der Waals surface area contributed by atoms with Crippen molar-refractivity contribution in [3.8, 4) is 11.3 Å². The summed E-state index contributed by atoms with van der Waals surface area (Å²) in [5.41, 5.74) is 3.83. The third-order valence-corrected chi connectivity index (χ3v) is 4.95. The highest BCUT2D eigenvalue weighted by molar-refractivity contribution is 5.82. The summed E-state index contributed by atoms with van der Waals surface area (Å²) < 4.78 is 27.2. The van der Waals surface area contributed by atoms with E-state index >= 15 is 0 Å². The standard InChI is InChI=1S/C21H23F2N5/c1-12(2)17-8-18(13-4-3-5-14(22)6-13)27-19-11-25-21(28-20(17)19)26-16-7-15(23)9-24-10-16/h3-6,8,11-12,15-16,24H,7,9-10H2,1-2H3,(H,25,26,28)/t15-,16-/m0/s1. The Morgan fingerprint density at radius 2 is 2.04 bits per heavy atom. The molecule has 2 aromatic heterocycles. The molecule has 1 aliphatic heterocycles. The van der Waals surface area contributed by atoms with E-state index in [1.54, 1.807) is 12.3 Å². The molecular weight excluding hydrogens is 360 g/mol. The number of hydrogen-bond donors (Lipinski definition) is 2. The number of nitrogens with zero attached hydrogens (tertiary/aromatic N) is 3. The Bertz CT molecular complexity index is 992. The fourth-order valence-corrected chi connectivity index (χ4v) is 3.53. The minimum absolute atomic E-state index is 0.0526. The van der Waals surface area contributed by atoms with Crippen molar-refractivity contribution < 1.29 is 8.78 Å². The van der Waals surface area contributed by atoms with Crippen LogP contribution in [0.25, 0.3) is 22.3 Å². The summed E-state index contributed by atoms with van der Waals surface area (Å²) in [4.78, 5) is 13.7. The first-order chi connectivity index (χ1) is 13.5. The Morgan fingerprint density at radius 3 is 2.79 bits per heavy atom. The molecular formula is C21H23F2N5. The van der Waals surface area contributed by atoms with Crippen LogP contribution in [0.4, 0.5) is 14.7 Å². The summed E-state index contributed by atoms with van der Waals surface area (Å²) in [7, 11) is 0. The number of aromatic nitrogens is 3. The largest absolute Gasteiger partial charge is 0.350 e. The van der Waals surface area contributed by atoms with Gasteiger partial charge in [0.05, 0.1) is 17.4 Å². The van der Waals surface area contributed by atoms with Gasteiger partial charge in [-0.25, -0.2) is 23.7 Å². The van der Waals surface area contributed by atoms with Gasteiger partial charge in [-0.05, 0) is 29.7 Å². The van der Waals surface area contributed by atoms with E-state index in [2.05, 4.69) is 39.4 Å². The minimum Gasteiger partial charge on any atom is -0.350 e. The highest BCUT2D eigenvalue weighted by Crippen LogP contribution is 2.29. The Morgan fingerprint density at radius 1 is 1.18 bits per heavy atom. The maximum atomic E-state index is 13.6. The van der Waals surface area contributed by atoms with Gasteiger partial charge in [0, 0.05) is 31.1 Å². The van der Waals surface area contributed by atoms with Gasteiger partial charge in [-0.3, -0.25) is 0 Å². The third-order valence-electron chi connectivity index (χ3n) is 4.95. The van der Waals surface area contributed by atoms with Gasteiger partial charge in [0.25, 0.3) is 0 Å². The van der Waals surface area contributed by atoms with Crippen LogP contribution >= 0.6 is 0 Å². The second-order valence-electron chi connectivity index (χ2n) is 7.52. The molecule has 0 amide bonds. The zero-order valence-corrected chi connectivity index (χ0v) is 15.9. The first-order valence-corrected chi connectivity index (χ1v) is 9.54. The van der Waals surface area contributed by atoms with Crippen molar-refractivity contribution in [2.75, 3.05) is 18.4 Å². The van der Waals surface area contributed by atoms with Crippen LogP contribution in [0.15, 0.2) is 36.5 Å². The lowest BCUT2D eigenvalue weighted by atomic mass is 9.99. The van der Waals surface area contributed by atoms with E-state index in [-0.39, 0.29) is 17.8 Å². The molecule has 0 spiro atoms. The topological polar surface area (TPSA) is 62.7 Å². The van der Waals surface area contributed by atoms with Crippen molar-refractivity contribution in [1.29, 1.82) is 0 Å². The van der Waals surface area contributed by atoms with Gasteiger partial charge in [0.15, 0.2) is 0 Å². The lowest BCUT2D eigenvalue weighted by molar-refractivity contribution is 0.254. The SMILES string of the molecule is CC(C)c1cc(-c2cccc(F)c2)nc2cnc(N[C@@H]3CNC[C@@H](F)C3)nc12. The minimum atomic E-state index is -0.867.